The van der Waals surface area contributed by atoms with Gasteiger partial charge < -0.3 is 4.74 Å². The summed E-state index contributed by atoms with van der Waals surface area (Å²) < 4.78 is 5.16. The van der Waals surface area contributed by atoms with Crippen molar-refractivity contribution >= 4 is 29.4 Å². The zero-order valence-electron chi connectivity index (χ0n) is 13.6. The standard InChI is InChI=1S/C19H16ClNO4/c1-12-5-6-15-16(9-12)19(24)21(18(15)23)8-7-17(22)25-11-13-3-2-4-14(20)10-13/h2-6,9-10H,7-8,11H2,1H3. The predicted molar refractivity (Wildman–Crippen MR) is 92.4 cm³/mol. The molecule has 0 bridgehead atoms. The van der Waals surface area contributed by atoms with Crippen LogP contribution >= 0.6 is 11.6 Å². The van der Waals surface area contributed by atoms with Crippen LogP contribution in [0.25, 0.3) is 0 Å². The Balaban J connectivity index is 1.56. The maximum absolute atomic E-state index is 12.3. The van der Waals surface area contributed by atoms with E-state index in [1.54, 1.807) is 42.5 Å². The van der Waals surface area contributed by atoms with E-state index in [9.17, 15) is 14.4 Å². The molecule has 2 aromatic rings. The quantitative estimate of drug-likeness (QED) is 0.608. The van der Waals surface area contributed by atoms with Crippen LogP contribution in [0.2, 0.25) is 5.02 Å². The van der Waals surface area contributed by atoms with Crippen molar-refractivity contribution in [2.24, 2.45) is 0 Å². The first-order valence-electron chi connectivity index (χ1n) is 7.82. The minimum Gasteiger partial charge on any atom is -0.461 e. The Morgan fingerprint density at radius 2 is 1.84 bits per heavy atom. The van der Waals surface area contributed by atoms with Crippen molar-refractivity contribution < 1.29 is 19.1 Å². The van der Waals surface area contributed by atoms with Crippen LogP contribution in [-0.2, 0) is 16.1 Å². The summed E-state index contributed by atoms with van der Waals surface area (Å²) in [5.74, 6) is -1.22. The molecule has 0 aromatic heterocycles. The number of hydrogen-bond donors (Lipinski definition) is 0. The first kappa shape index (κ1) is 17.2. The first-order chi connectivity index (χ1) is 12.0. The van der Waals surface area contributed by atoms with Crippen molar-refractivity contribution in [1.82, 2.24) is 4.90 Å². The molecule has 25 heavy (non-hydrogen) atoms. The van der Waals surface area contributed by atoms with Crippen molar-refractivity contribution in [2.75, 3.05) is 6.54 Å². The molecule has 6 heteroatoms. The van der Waals surface area contributed by atoms with Gasteiger partial charge in [-0.15, -0.1) is 0 Å². The highest BCUT2D eigenvalue weighted by Crippen LogP contribution is 2.24. The largest absolute Gasteiger partial charge is 0.461 e. The number of halogens is 1. The SMILES string of the molecule is Cc1ccc2c(c1)C(=O)N(CCC(=O)OCc1cccc(Cl)c1)C2=O. The molecule has 0 N–H and O–H groups in total. The monoisotopic (exact) mass is 357 g/mol. The lowest BCUT2D eigenvalue weighted by atomic mass is 10.1. The Kier molecular flexibility index (Phi) is 4.86. The molecule has 0 unspecified atom stereocenters. The normalized spacial score (nSPS) is 13.1. The van der Waals surface area contributed by atoms with Crippen molar-refractivity contribution in [3.05, 3.63) is 69.7 Å². The van der Waals surface area contributed by atoms with Crippen LogP contribution in [0, 0.1) is 6.92 Å². The van der Waals surface area contributed by atoms with Gasteiger partial charge >= 0.3 is 5.97 Å². The van der Waals surface area contributed by atoms with Crippen LogP contribution in [0.1, 0.15) is 38.3 Å². The number of amides is 2. The summed E-state index contributed by atoms with van der Waals surface area (Å²) in [5.41, 5.74) is 2.44. The molecule has 0 saturated carbocycles. The van der Waals surface area contributed by atoms with Gasteiger partial charge in [0.1, 0.15) is 6.61 Å². The van der Waals surface area contributed by atoms with E-state index in [4.69, 9.17) is 16.3 Å². The Morgan fingerprint density at radius 3 is 2.60 bits per heavy atom. The lowest BCUT2D eigenvalue weighted by Gasteiger charge is -2.13. The summed E-state index contributed by atoms with van der Waals surface area (Å²) in [5, 5.41) is 0.565. The van der Waals surface area contributed by atoms with E-state index in [0.717, 1.165) is 16.0 Å². The molecule has 128 valence electrons. The molecule has 0 atom stereocenters. The summed E-state index contributed by atoms with van der Waals surface area (Å²) in [4.78, 5) is 37.6. The van der Waals surface area contributed by atoms with Crippen molar-refractivity contribution in [3.8, 4) is 0 Å². The topological polar surface area (TPSA) is 63.7 Å². The Labute approximate surface area is 150 Å². The number of aryl methyl sites for hydroxylation is 1. The van der Waals surface area contributed by atoms with Gasteiger partial charge in [0.05, 0.1) is 17.5 Å². The Bertz CT molecular complexity index is 862. The third-order valence-corrected chi connectivity index (χ3v) is 4.19. The van der Waals surface area contributed by atoms with Crippen LogP contribution in [0.15, 0.2) is 42.5 Å². The maximum Gasteiger partial charge on any atom is 0.307 e. The number of esters is 1. The van der Waals surface area contributed by atoms with Gasteiger partial charge in [-0.3, -0.25) is 19.3 Å². The summed E-state index contributed by atoms with van der Waals surface area (Å²) in [7, 11) is 0. The van der Waals surface area contributed by atoms with Crippen LogP contribution in [-0.4, -0.2) is 29.2 Å². The van der Waals surface area contributed by atoms with Gasteiger partial charge in [0, 0.05) is 11.6 Å². The average Bonchev–Trinajstić information content (AvgIpc) is 2.82. The highest BCUT2D eigenvalue weighted by Gasteiger charge is 2.35. The van der Waals surface area contributed by atoms with E-state index < -0.39 is 5.97 Å². The molecular weight excluding hydrogens is 342 g/mol. The zero-order chi connectivity index (χ0) is 18.0. The van der Waals surface area contributed by atoms with Gasteiger partial charge in [-0.05, 0) is 36.8 Å². The van der Waals surface area contributed by atoms with E-state index in [1.807, 2.05) is 6.92 Å². The fraction of sp³-hybridized carbons (Fsp3) is 0.211. The summed E-state index contributed by atoms with van der Waals surface area (Å²) in [6.07, 6.45) is -0.0506. The summed E-state index contributed by atoms with van der Waals surface area (Å²) >= 11 is 5.87. The molecule has 0 aliphatic carbocycles. The molecule has 2 aromatic carbocycles. The first-order valence-corrected chi connectivity index (χ1v) is 8.20. The third-order valence-electron chi connectivity index (χ3n) is 3.95. The number of carbonyl (C=O) groups excluding carboxylic acids is 3. The van der Waals surface area contributed by atoms with E-state index in [1.165, 1.54) is 0 Å². The van der Waals surface area contributed by atoms with Gasteiger partial charge in [0.2, 0.25) is 0 Å². The number of rotatable bonds is 5. The number of hydrogen-bond acceptors (Lipinski definition) is 4. The highest BCUT2D eigenvalue weighted by atomic mass is 35.5. The van der Waals surface area contributed by atoms with Gasteiger partial charge in [-0.2, -0.15) is 0 Å². The molecule has 1 heterocycles. The summed E-state index contributed by atoms with van der Waals surface area (Å²) in [6, 6.07) is 12.1. The molecule has 0 fully saturated rings. The second-order valence-corrected chi connectivity index (χ2v) is 6.29. The van der Waals surface area contributed by atoms with Crippen molar-refractivity contribution in [2.45, 2.75) is 20.0 Å². The molecule has 2 amide bonds. The molecule has 1 aliphatic heterocycles. The van der Waals surface area contributed by atoms with Crippen LogP contribution in [0.4, 0.5) is 0 Å². The van der Waals surface area contributed by atoms with Gasteiger partial charge in [0.25, 0.3) is 11.8 Å². The molecular formula is C19H16ClNO4. The number of imide groups is 1. The molecule has 0 saturated heterocycles. The number of nitrogens with zero attached hydrogens (tertiary/aromatic N) is 1. The third kappa shape index (κ3) is 3.72. The molecule has 3 rings (SSSR count). The zero-order valence-corrected chi connectivity index (χ0v) is 14.4. The van der Waals surface area contributed by atoms with E-state index in [0.29, 0.717) is 16.1 Å². The second kappa shape index (κ2) is 7.07. The van der Waals surface area contributed by atoms with Crippen LogP contribution in [0.5, 0.6) is 0 Å². The van der Waals surface area contributed by atoms with Crippen molar-refractivity contribution in [3.63, 3.8) is 0 Å². The number of ether oxygens (including phenoxy) is 1. The number of carbonyl (C=O) groups is 3. The Hall–Kier alpha value is -2.66. The minimum absolute atomic E-state index is 0.000225. The van der Waals surface area contributed by atoms with Gasteiger partial charge in [-0.1, -0.05) is 35.4 Å². The average molecular weight is 358 g/mol. The summed E-state index contributed by atoms with van der Waals surface area (Å²) in [6.45, 7) is 1.95. The minimum atomic E-state index is -0.479. The molecule has 0 spiro atoms. The van der Waals surface area contributed by atoms with Crippen LogP contribution in [0.3, 0.4) is 0 Å². The molecule has 1 aliphatic rings. The fourth-order valence-electron chi connectivity index (χ4n) is 2.67. The molecule has 5 nitrogen and oxygen atoms in total. The van der Waals surface area contributed by atoms with E-state index >= 15 is 0 Å². The maximum atomic E-state index is 12.3. The fourth-order valence-corrected chi connectivity index (χ4v) is 2.89. The second-order valence-electron chi connectivity index (χ2n) is 5.85. The van der Waals surface area contributed by atoms with E-state index in [-0.39, 0.29) is 31.4 Å². The Morgan fingerprint density at radius 1 is 1.08 bits per heavy atom. The highest BCUT2D eigenvalue weighted by molar-refractivity contribution is 6.30. The van der Waals surface area contributed by atoms with Gasteiger partial charge in [0.15, 0.2) is 0 Å². The predicted octanol–water partition coefficient (Wildman–Crippen LogP) is 3.38. The molecule has 0 radical (unpaired) electrons. The van der Waals surface area contributed by atoms with Gasteiger partial charge in [-0.25, -0.2) is 0 Å². The number of benzene rings is 2. The lowest BCUT2D eigenvalue weighted by molar-refractivity contribution is -0.145. The smallest absolute Gasteiger partial charge is 0.307 e. The van der Waals surface area contributed by atoms with E-state index in [2.05, 4.69) is 0 Å². The lowest BCUT2D eigenvalue weighted by Crippen LogP contribution is -2.32. The van der Waals surface area contributed by atoms with Crippen LogP contribution < -0.4 is 0 Å². The number of fused-ring (bicyclic) bond motifs is 1. The van der Waals surface area contributed by atoms with Crippen molar-refractivity contribution in [1.29, 1.82) is 0 Å².